The van der Waals surface area contributed by atoms with E-state index in [0.717, 1.165) is 5.92 Å². The zero-order valence-electron chi connectivity index (χ0n) is 11.2. The summed E-state index contributed by atoms with van der Waals surface area (Å²) >= 11 is 0. The van der Waals surface area contributed by atoms with Gasteiger partial charge in [0.1, 0.15) is 0 Å². The first-order chi connectivity index (χ1) is 7.50. The predicted octanol–water partition coefficient (Wildman–Crippen LogP) is 5.09. The largest absolute Gasteiger partial charge is 0.0798 e. The van der Waals surface area contributed by atoms with Crippen molar-refractivity contribution in [2.75, 3.05) is 0 Å². The first-order valence-electron chi connectivity index (χ1n) is 6.21. The summed E-state index contributed by atoms with van der Waals surface area (Å²) in [6.45, 7) is 11.2. The average Bonchev–Trinajstić information content (AvgIpc) is 2.15. The van der Waals surface area contributed by atoms with Gasteiger partial charge >= 0.3 is 0 Å². The molecule has 1 aromatic rings. The Balaban J connectivity index is 3.01. The molecule has 0 aliphatic carbocycles. The number of rotatable bonds is 4. The van der Waals surface area contributed by atoms with E-state index in [1.165, 1.54) is 23.1 Å². The van der Waals surface area contributed by atoms with Crippen LogP contribution in [-0.2, 0) is 0 Å². The second kappa shape index (κ2) is 5.89. The van der Waals surface area contributed by atoms with Crippen molar-refractivity contribution >= 4 is 0 Å². The van der Waals surface area contributed by atoms with Crippen molar-refractivity contribution in [2.45, 2.75) is 47.0 Å². The van der Waals surface area contributed by atoms with Crippen LogP contribution < -0.4 is 0 Å². The van der Waals surface area contributed by atoms with Gasteiger partial charge in [-0.1, -0.05) is 49.8 Å². The maximum Gasteiger partial charge on any atom is 0.00254 e. The van der Waals surface area contributed by atoms with E-state index in [1.54, 1.807) is 0 Å². The summed E-state index contributed by atoms with van der Waals surface area (Å²) in [6.07, 6.45) is 3.64. The number of aryl methyl sites for hydroxylation is 1. The number of allylic oxidation sites excluding steroid dienone is 2. The van der Waals surface area contributed by atoms with Gasteiger partial charge in [-0.2, -0.15) is 0 Å². The molecule has 0 amide bonds. The van der Waals surface area contributed by atoms with Gasteiger partial charge in [0.25, 0.3) is 0 Å². The molecule has 0 aromatic heterocycles. The van der Waals surface area contributed by atoms with Crippen LogP contribution in [0.5, 0.6) is 0 Å². The third-order valence-electron chi connectivity index (χ3n) is 2.85. The molecule has 1 atom stereocenters. The summed E-state index contributed by atoms with van der Waals surface area (Å²) in [4.78, 5) is 0. The van der Waals surface area contributed by atoms with Crippen LogP contribution in [0.3, 0.4) is 0 Å². The van der Waals surface area contributed by atoms with Crippen LogP contribution in [0.25, 0.3) is 0 Å². The Hall–Kier alpha value is -1.04. The first-order valence-corrected chi connectivity index (χ1v) is 6.21. The molecule has 0 heteroatoms. The predicted molar refractivity (Wildman–Crippen MR) is 72.8 cm³/mol. The van der Waals surface area contributed by atoms with Gasteiger partial charge in [-0.15, -0.1) is 0 Å². The van der Waals surface area contributed by atoms with Crippen LogP contribution in [0.2, 0.25) is 0 Å². The topological polar surface area (TPSA) is 0 Å². The van der Waals surface area contributed by atoms with E-state index in [0.29, 0.717) is 5.92 Å². The Kier molecular flexibility index (Phi) is 4.79. The summed E-state index contributed by atoms with van der Waals surface area (Å²) in [7, 11) is 0. The maximum absolute atomic E-state index is 2.41. The highest BCUT2D eigenvalue weighted by Crippen LogP contribution is 2.28. The van der Waals surface area contributed by atoms with Crippen molar-refractivity contribution in [3.63, 3.8) is 0 Å². The van der Waals surface area contributed by atoms with Crippen molar-refractivity contribution in [3.05, 3.63) is 47.0 Å². The summed E-state index contributed by atoms with van der Waals surface area (Å²) in [6, 6.07) is 8.74. The Morgan fingerprint density at radius 3 is 2.31 bits per heavy atom. The Labute approximate surface area is 100 Å². The molecule has 0 bridgehead atoms. The van der Waals surface area contributed by atoms with E-state index < -0.39 is 0 Å². The van der Waals surface area contributed by atoms with Crippen molar-refractivity contribution in [3.8, 4) is 0 Å². The standard InChI is InChI=1S/C16H24/c1-12(2)10-15(11-13(3)4)16-9-7-6-8-14(16)5/h6-10,13,15H,11H2,1-5H3. The SMILES string of the molecule is CC(C)=CC(CC(C)C)c1ccccc1C. The highest BCUT2D eigenvalue weighted by molar-refractivity contribution is 5.32. The molecule has 0 aliphatic heterocycles. The molecular weight excluding hydrogens is 192 g/mol. The smallest absolute Gasteiger partial charge is 0.00254 e. The Bertz CT molecular complexity index is 354. The van der Waals surface area contributed by atoms with Crippen LogP contribution in [0.15, 0.2) is 35.9 Å². The fourth-order valence-electron chi connectivity index (χ4n) is 2.20. The summed E-state index contributed by atoms with van der Waals surface area (Å²) < 4.78 is 0. The lowest BCUT2D eigenvalue weighted by Crippen LogP contribution is -2.02. The first kappa shape index (κ1) is 13.0. The molecule has 1 aromatic carbocycles. The minimum Gasteiger partial charge on any atom is -0.0798 e. The molecule has 0 heterocycles. The lowest BCUT2D eigenvalue weighted by molar-refractivity contribution is 0.547. The van der Waals surface area contributed by atoms with Crippen molar-refractivity contribution in [1.29, 1.82) is 0 Å². The maximum atomic E-state index is 2.41. The summed E-state index contributed by atoms with van der Waals surface area (Å²) in [5.74, 6) is 1.31. The van der Waals surface area contributed by atoms with Crippen molar-refractivity contribution in [2.24, 2.45) is 5.92 Å². The monoisotopic (exact) mass is 216 g/mol. The van der Waals surface area contributed by atoms with E-state index in [2.05, 4.69) is 65.0 Å². The fourth-order valence-corrected chi connectivity index (χ4v) is 2.20. The van der Waals surface area contributed by atoms with Crippen LogP contribution in [0.4, 0.5) is 0 Å². The van der Waals surface area contributed by atoms with Crippen LogP contribution in [-0.4, -0.2) is 0 Å². The quantitative estimate of drug-likeness (QED) is 0.615. The normalized spacial score (nSPS) is 12.6. The molecule has 0 saturated heterocycles. The molecule has 0 fully saturated rings. The summed E-state index contributed by atoms with van der Waals surface area (Å²) in [5, 5.41) is 0. The molecule has 0 saturated carbocycles. The lowest BCUT2D eigenvalue weighted by Gasteiger charge is -2.18. The third kappa shape index (κ3) is 3.84. The van der Waals surface area contributed by atoms with Gasteiger partial charge < -0.3 is 0 Å². The van der Waals surface area contributed by atoms with E-state index in [-0.39, 0.29) is 0 Å². The molecule has 88 valence electrons. The van der Waals surface area contributed by atoms with E-state index in [1.807, 2.05) is 0 Å². The summed E-state index contributed by atoms with van der Waals surface area (Å²) in [5.41, 5.74) is 4.30. The van der Waals surface area contributed by atoms with Gasteiger partial charge in [-0.3, -0.25) is 0 Å². The number of hydrogen-bond donors (Lipinski definition) is 0. The van der Waals surface area contributed by atoms with Crippen LogP contribution in [0, 0.1) is 12.8 Å². The van der Waals surface area contributed by atoms with Crippen molar-refractivity contribution in [1.82, 2.24) is 0 Å². The van der Waals surface area contributed by atoms with Crippen molar-refractivity contribution < 1.29 is 0 Å². The highest BCUT2D eigenvalue weighted by atomic mass is 14.2. The number of benzene rings is 1. The van der Waals surface area contributed by atoms with Crippen LogP contribution >= 0.6 is 0 Å². The van der Waals surface area contributed by atoms with Gasteiger partial charge in [0, 0.05) is 5.92 Å². The second-order valence-electron chi connectivity index (χ2n) is 5.34. The molecule has 0 N–H and O–H groups in total. The average molecular weight is 216 g/mol. The molecule has 16 heavy (non-hydrogen) atoms. The van der Waals surface area contributed by atoms with Gasteiger partial charge in [0.15, 0.2) is 0 Å². The fraction of sp³-hybridized carbons (Fsp3) is 0.500. The minimum atomic E-state index is 0.575. The van der Waals surface area contributed by atoms with E-state index in [9.17, 15) is 0 Å². The lowest BCUT2D eigenvalue weighted by atomic mass is 9.86. The highest BCUT2D eigenvalue weighted by Gasteiger charge is 2.12. The van der Waals surface area contributed by atoms with Gasteiger partial charge in [0.05, 0.1) is 0 Å². The molecule has 0 spiro atoms. The minimum absolute atomic E-state index is 0.575. The van der Waals surface area contributed by atoms with Gasteiger partial charge in [-0.05, 0) is 44.2 Å². The molecule has 0 aliphatic rings. The third-order valence-corrected chi connectivity index (χ3v) is 2.85. The Morgan fingerprint density at radius 1 is 1.19 bits per heavy atom. The van der Waals surface area contributed by atoms with E-state index >= 15 is 0 Å². The Morgan fingerprint density at radius 2 is 1.81 bits per heavy atom. The number of hydrogen-bond acceptors (Lipinski definition) is 0. The van der Waals surface area contributed by atoms with Crippen LogP contribution in [0.1, 0.15) is 51.2 Å². The van der Waals surface area contributed by atoms with Gasteiger partial charge in [-0.25, -0.2) is 0 Å². The molecule has 1 rings (SSSR count). The van der Waals surface area contributed by atoms with Gasteiger partial charge in [0.2, 0.25) is 0 Å². The molecule has 0 nitrogen and oxygen atoms in total. The molecular formula is C16H24. The zero-order valence-corrected chi connectivity index (χ0v) is 11.2. The second-order valence-corrected chi connectivity index (χ2v) is 5.34. The van der Waals surface area contributed by atoms with E-state index in [4.69, 9.17) is 0 Å². The molecule has 1 unspecified atom stereocenters. The molecule has 0 radical (unpaired) electrons. The zero-order chi connectivity index (χ0) is 12.1.